The van der Waals surface area contributed by atoms with Crippen LogP contribution in [0.2, 0.25) is 0 Å². The number of aliphatic hydroxyl groups excluding tert-OH is 1. The lowest BCUT2D eigenvalue weighted by Crippen LogP contribution is -2.44. The highest BCUT2D eigenvalue weighted by atomic mass is 16.6. The van der Waals surface area contributed by atoms with Gasteiger partial charge in [0.2, 0.25) is 0 Å². The van der Waals surface area contributed by atoms with Crippen LogP contribution in [0, 0.1) is 16.0 Å². The summed E-state index contributed by atoms with van der Waals surface area (Å²) in [6.45, 7) is 1.69. The van der Waals surface area contributed by atoms with Gasteiger partial charge in [-0.05, 0) is 42.3 Å². The Balaban J connectivity index is 1.48. The van der Waals surface area contributed by atoms with Crippen LogP contribution in [0.3, 0.4) is 0 Å². The molecule has 4 aromatic rings. The maximum absolute atomic E-state index is 13.6. The molecule has 10 nitrogen and oxygen atoms in total. The Hall–Kier alpha value is -4.54. The molecule has 194 valence electrons. The predicted octanol–water partition coefficient (Wildman–Crippen LogP) is 3.54. The summed E-state index contributed by atoms with van der Waals surface area (Å²) in [5, 5.41) is 35.8. The molecule has 2 atom stereocenters. The number of carbonyl (C=O) groups is 1. The summed E-state index contributed by atoms with van der Waals surface area (Å²) in [5.41, 5.74) is 0.228. The second-order valence-electron chi connectivity index (χ2n) is 9.31. The third kappa shape index (κ3) is 4.09. The van der Waals surface area contributed by atoms with E-state index >= 15 is 0 Å². The first-order valence-electron chi connectivity index (χ1n) is 12.2. The second kappa shape index (κ2) is 9.73. The Morgan fingerprint density at radius 1 is 1.11 bits per heavy atom. The molecule has 0 bridgehead atoms. The van der Waals surface area contributed by atoms with Crippen molar-refractivity contribution >= 4 is 28.2 Å². The van der Waals surface area contributed by atoms with Gasteiger partial charge in [-0.1, -0.05) is 43.3 Å². The van der Waals surface area contributed by atoms with Crippen molar-refractivity contribution in [2.75, 3.05) is 11.5 Å². The molecule has 0 saturated heterocycles. The minimum absolute atomic E-state index is 0.0790. The van der Waals surface area contributed by atoms with Gasteiger partial charge in [0, 0.05) is 30.2 Å². The molecule has 1 amide bonds. The number of aromatic amines is 1. The monoisotopic (exact) mass is 514 g/mol. The Morgan fingerprint density at radius 3 is 2.53 bits per heavy atom. The van der Waals surface area contributed by atoms with Crippen LogP contribution < -0.4 is 10.5 Å². The molecule has 1 aliphatic rings. The van der Waals surface area contributed by atoms with E-state index in [0.29, 0.717) is 23.2 Å². The zero-order valence-electron chi connectivity index (χ0n) is 20.6. The van der Waals surface area contributed by atoms with E-state index in [0.717, 1.165) is 11.1 Å². The molecule has 0 saturated carbocycles. The minimum atomic E-state index is -2.01. The molecule has 2 heterocycles. The molecule has 38 heavy (non-hydrogen) atoms. The van der Waals surface area contributed by atoms with E-state index in [2.05, 4.69) is 5.10 Å². The van der Waals surface area contributed by atoms with Gasteiger partial charge in [-0.15, -0.1) is 0 Å². The molecule has 3 aromatic carbocycles. The fourth-order valence-electron chi connectivity index (χ4n) is 4.89. The number of non-ortho nitro benzene ring substituents is 1. The Bertz CT molecular complexity index is 1620. The number of aromatic nitrogens is 2. The summed E-state index contributed by atoms with van der Waals surface area (Å²) in [4.78, 5) is 38.7. The van der Waals surface area contributed by atoms with Gasteiger partial charge in [-0.2, -0.15) is 0 Å². The van der Waals surface area contributed by atoms with Crippen molar-refractivity contribution in [3.63, 3.8) is 0 Å². The first kappa shape index (κ1) is 25.1. The van der Waals surface area contributed by atoms with Gasteiger partial charge in [0.05, 0.1) is 33.7 Å². The van der Waals surface area contributed by atoms with Crippen LogP contribution in [0.1, 0.15) is 24.5 Å². The molecular formula is C28H26N4O6. The molecule has 0 fully saturated rings. The van der Waals surface area contributed by atoms with E-state index in [1.165, 1.54) is 27.8 Å². The van der Waals surface area contributed by atoms with E-state index < -0.39 is 22.3 Å². The maximum atomic E-state index is 13.6. The van der Waals surface area contributed by atoms with Gasteiger partial charge < -0.3 is 15.1 Å². The van der Waals surface area contributed by atoms with Gasteiger partial charge in [0.1, 0.15) is 0 Å². The highest BCUT2D eigenvalue weighted by Gasteiger charge is 2.53. The number of nitrogens with zero attached hydrogens (tertiary/aromatic N) is 3. The molecule has 1 aliphatic heterocycles. The van der Waals surface area contributed by atoms with Crippen molar-refractivity contribution in [3.8, 4) is 5.69 Å². The van der Waals surface area contributed by atoms with Crippen LogP contribution >= 0.6 is 0 Å². The predicted molar refractivity (Wildman–Crippen MR) is 142 cm³/mol. The molecule has 3 N–H and O–H groups in total. The number of amides is 1. The van der Waals surface area contributed by atoms with Crippen LogP contribution in [0.5, 0.6) is 0 Å². The lowest BCUT2D eigenvalue weighted by atomic mass is 9.82. The van der Waals surface area contributed by atoms with Crippen LogP contribution in [0.25, 0.3) is 16.6 Å². The number of rotatable bonds is 8. The number of anilines is 1. The van der Waals surface area contributed by atoms with Crippen molar-refractivity contribution in [2.45, 2.75) is 25.5 Å². The smallest absolute Gasteiger partial charge is 0.279 e. The zero-order valence-corrected chi connectivity index (χ0v) is 20.6. The topological polar surface area (TPSA) is 142 Å². The maximum Gasteiger partial charge on any atom is 0.279 e. The number of nitro groups is 1. The number of aliphatic hydroxyl groups is 2. The van der Waals surface area contributed by atoms with E-state index in [9.17, 15) is 24.8 Å². The Labute approximate surface area is 217 Å². The van der Waals surface area contributed by atoms with Crippen molar-refractivity contribution in [1.29, 1.82) is 0 Å². The van der Waals surface area contributed by atoms with Crippen LogP contribution in [0.15, 0.2) is 83.7 Å². The molecule has 0 unspecified atom stereocenters. The summed E-state index contributed by atoms with van der Waals surface area (Å²) in [6, 6.07) is 18.3. The molecule has 10 heteroatoms. The normalized spacial score (nSPS) is 17.9. The Kier molecular flexibility index (Phi) is 6.43. The summed E-state index contributed by atoms with van der Waals surface area (Å²) in [5.74, 6) is -1.30. The van der Waals surface area contributed by atoms with E-state index in [1.807, 2.05) is 12.1 Å². The third-order valence-corrected chi connectivity index (χ3v) is 6.97. The van der Waals surface area contributed by atoms with Crippen molar-refractivity contribution in [2.24, 2.45) is 5.92 Å². The minimum Gasteiger partial charge on any atom is -0.396 e. The lowest BCUT2D eigenvalue weighted by molar-refractivity contribution is -0.385. The van der Waals surface area contributed by atoms with Gasteiger partial charge >= 0.3 is 0 Å². The summed E-state index contributed by atoms with van der Waals surface area (Å²) < 4.78 is 1.45. The van der Waals surface area contributed by atoms with Crippen LogP contribution in [-0.4, -0.2) is 37.4 Å². The summed E-state index contributed by atoms with van der Waals surface area (Å²) >= 11 is 0. The largest absolute Gasteiger partial charge is 0.396 e. The number of nitro benzene ring substituents is 1. The molecule has 0 spiro atoms. The first-order valence-corrected chi connectivity index (χ1v) is 12.2. The fraction of sp³-hybridized carbons (Fsp3) is 0.214. The van der Waals surface area contributed by atoms with Crippen LogP contribution in [-0.2, 0) is 16.9 Å². The number of fused-ring (bicyclic) bond motifs is 2. The molecule has 0 aliphatic carbocycles. The second-order valence-corrected chi connectivity index (χ2v) is 9.31. The number of benzene rings is 3. The zero-order chi connectivity index (χ0) is 27.0. The highest BCUT2D eigenvalue weighted by Crippen LogP contribution is 2.47. The Morgan fingerprint density at radius 2 is 1.84 bits per heavy atom. The molecule has 5 rings (SSSR count). The number of hydrogen-bond donors (Lipinski definition) is 3. The molecule has 0 radical (unpaired) electrons. The lowest BCUT2D eigenvalue weighted by Gasteiger charge is -2.27. The van der Waals surface area contributed by atoms with E-state index in [1.54, 1.807) is 55.5 Å². The van der Waals surface area contributed by atoms with E-state index in [4.69, 9.17) is 5.11 Å². The molecular weight excluding hydrogens is 488 g/mol. The number of hydrogen-bond acceptors (Lipinski definition) is 6. The quantitative estimate of drug-likeness (QED) is 0.187. The highest BCUT2D eigenvalue weighted by molar-refractivity contribution is 6.07. The van der Waals surface area contributed by atoms with Gasteiger partial charge in [0.25, 0.3) is 17.2 Å². The summed E-state index contributed by atoms with van der Waals surface area (Å²) in [7, 11) is 0. The van der Waals surface area contributed by atoms with E-state index in [-0.39, 0.29) is 30.0 Å². The van der Waals surface area contributed by atoms with Crippen LogP contribution in [0.4, 0.5) is 11.4 Å². The average Bonchev–Trinajstić information content (AvgIpc) is 3.37. The molecule has 1 aromatic heterocycles. The van der Waals surface area contributed by atoms with Crippen molar-refractivity contribution < 1.29 is 19.9 Å². The standard InChI is InChI=1S/C28H26N4O6/c1-18(6-4-5-15-33)28(36)23-16-21(32(37)38)13-14-25(23)30(27(28)35)17-19-9-11-20(12-10-19)31-26(34)22-7-2-3-8-24(22)29-31/h2-4,6-14,16,18,29,33,36H,5,15,17H2,1H3/b6-4+/t18-,28+/m0/s1. The van der Waals surface area contributed by atoms with Crippen molar-refractivity contribution in [1.82, 2.24) is 9.78 Å². The number of nitrogens with one attached hydrogen (secondary N) is 1. The van der Waals surface area contributed by atoms with Gasteiger partial charge in [0.15, 0.2) is 5.60 Å². The number of carbonyl (C=O) groups excluding carboxylic acids is 1. The first-order chi connectivity index (χ1) is 18.3. The van der Waals surface area contributed by atoms with Gasteiger partial charge in [-0.3, -0.25) is 24.8 Å². The SMILES string of the molecule is C[C@@H](/C=C/CCO)[C@]1(O)C(=O)N(Cc2ccc(-n3[nH]c4ccccc4c3=O)cc2)c2ccc([N+](=O)[O-])cc21. The van der Waals surface area contributed by atoms with Crippen molar-refractivity contribution in [3.05, 3.63) is 110 Å². The third-order valence-electron chi connectivity index (χ3n) is 6.97. The number of H-pyrrole nitrogens is 1. The number of para-hydroxylation sites is 1. The van der Waals surface area contributed by atoms with Gasteiger partial charge in [-0.25, -0.2) is 4.68 Å². The fourth-order valence-corrected chi connectivity index (χ4v) is 4.89. The summed E-state index contributed by atoms with van der Waals surface area (Å²) in [6.07, 6.45) is 3.65. The average molecular weight is 515 g/mol.